The Hall–Kier alpha value is -1.11. The number of carbonyl (C=O) groups excluding carboxylic acids is 1. The van der Waals surface area contributed by atoms with Crippen molar-refractivity contribution in [1.29, 1.82) is 0 Å². The van der Waals surface area contributed by atoms with Crippen molar-refractivity contribution in [2.24, 2.45) is 0 Å². The van der Waals surface area contributed by atoms with Gasteiger partial charge in [-0.2, -0.15) is 0 Å². The average molecular weight is 370 g/mol. The van der Waals surface area contributed by atoms with Crippen molar-refractivity contribution in [2.75, 3.05) is 39.3 Å². The Morgan fingerprint density at radius 1 is 1.36 bits per heavy atom. The molecule has 5 nitrogen and oxygen atoms in total. The normalized spacial score (nSPS) is 17.0. The third-order valence-electron chi connectivity index (χ3n) is 3.66. The van der Waals surface area contributed by atoms with Gasteiger partial charge in [0, 0.05) is 37.2 Å². The van der Waals surface area contributed by atoms with Crippen LogP contribution in [-0.2, 0) is 4.79 Å². The van der Waals surface area contributed by atoms with Crippen LogP contribution in [0.25, 0.3) is 0 Å². The maximum Gasteiger partial charge on any atom is 0.260 e. The Bertz CT molecular complexity index is 461. The van der Waals surface area contributed by atoms with Crippen LogP contribution in [0.5, 0.6) is 5.75 Å². The summed E-state index contributed by atoms with van der Waals surface area (Å²) in [6.07, 6.45) is 0.483. The number of nitrogens with zero attached hydrogens (tertiary/aromatic N) is 1. The first-order valence-electron chi connectivity index (χ1n) is 7.78. The SMILES string of the molecule is CC(Oc1ccc(Br)cc1)C(=O)NCCCN1CCNCC1. The molecule has 0 aromatic heterocycles. The molecule has 0 radical (unpaired) electrons. The molecule has 1 saturated heterocycles. The Labute approximate surface area is 140 Å². The van der Waals surface area contributed by atoms with Gasteiger partial charge in [-0.05, 0) is 44.2 Å². The molecule has 1 amide bonds. The summed E-state index contributed by atoms with van der Waals surface area (Å²) in [6.45, 7) is 7.80. The fourth-order valence-electron chi connectivity index (χ4n) is 2.36. The molecular formula is C16H24BrN3O2. The van der Waals surface area contributed by atoms with Gasteiger partial charge in [0.05, 0.1) is 0 Å². The summed E-state index contributed by atoms with van der Waals surface area (Å²) < 4.78 is 6.62. The first kappa shape index (κ1) is 17.2. The summed E-state index contributed by atoms with van der Waals surface area (Å²) in [7, 11) is 0. The van der Waals surface area contributed by atoms with Crippen LogP contribution in [0.4, 0.5) is 0 Å². The largest absolute Gasteiger partial charge is 0.481 e. The lowest BCUT2D eigenvalue weighted by Gasteiger charge is -2.27. The number of halogens is 1. The van der Waals surface area contributed by atoms with Gasteiger partial charge in [-0.3, -0.25) is 4.79 Å². The van der Waals surface area contributed by atoms with E-state index in [9.17, 15) is 4.79 Å². The second kappa shape index (κ2) is 9.12. The van der Waals surface area contributed by atoms with Crippen LogP contribution in [0.1, 0.15) is 13.3 Å². The highest BCUT2D eigenvalue weighted by Gasteiger charge is 2.14. The summed E-state index contributed by atoms with van der Waals surface area (Å²) >= 11 is 3.37. The molecule has 0 bridgehead atoms. The molecule has 1 fully saturated rings. The molecule has 1 heterocycles. The second-order valence-corrected chi connectivity index (χ2v) is 6.37. The predicted octanol–water partition coefficient (Wildman–Crippen LogP) is 1.63. The molecule has 2 N–H and O–H groups in total. The Kier molecular flexibility index (Phi) is 7.15. The molecule has 1 unspecified atom stereocenters. The monoisotopic (exact) mass is 369 g/mol. The van der Waals surface area contributed by atoms with Crippen molar-refractivity contribution >= 4 is 21.8 Å². The van der Waals surface area contributed by atoms with Crippen LogP contribution < -0.4 is 15.4 Å². The zero-order chi connectivity index (χ0) is 15.8. The van der Waals surface area contributed by atoms with Crippen LogP contribution >= 0.6 is 15.9 Å². The van der Waals surface area contributed by atoms with E-state index in [0.29, 0.717) is 12.3 Å². The first-order chi connectivity index (χ1) is 10.6. The van der Waals surface area contributed by atoms with Crippen molar-refractivity contribution in [3.8, 4) is 5.75 Å². The fraction of sp³-hybridized carbons (Fsp3) is 0.562. The van der Waals surface area contributed by atoms with E-state index >= 15 is 0 Å². The minimum Gasteiger partial charge on any atom is -0.481 e. The third-order valence-corrected chi connectivity index (χ3v) is 4.18. The number of rotatable bonds is 7. The van der Waals surface area contributed by atoms with Crippen molar-refractivity contribution in [2.45, 2.75) is 19.4 Å². The van der Waals surface area contributed by atoms with Crippen LogP contribution in [0.3, 0.4) is 0 Å². The molecule has 0 spiro atoms. The lowest BCUT2D eigenvalue weighted by molar-refractivity contribution is -0.127. The number of piperazine rings is 1. The minimum absolute atomic E-state index is 0.0665. The summed E-state index contributed by atoms with van der Waals surface area (Å²) in [5, 5.41) is 6.27. The van der Waals surface area contributed by atoms with Gasteiger partial charge < -0.3 is 20.3 Å². The smallest absolute Gasteiger partial charge is 0.260 e. The van der Waals surface area contributed by atoms with Gasteiger partial charge >= 0.3 is 0 Å². The van der Waals surface area contributed by atoms with E-state index in [2.05, 4.69) is 31.5 Å². The van der Waals surface area contributed by atoms with Gasteiger partial charge in [0.1, 0.15) is 5.75 Å². The number of hydrogen-bond donors (Lipinski definition) is 2. The fourth-order valence-corrected chi connectivity index (χ4v) is 2.63. The van der Waals surface area contributed by atoms with Crippen LogP contribution in [0, 0.1) is 0 Å². The number of benzene rings is 1. The van der Waals surface area contributed by atoms with Gasteiger partial charge in [0.15, 0.2) is 6.10 Å². The Morgan fingerprint density at radius 3 is 2.73 bits per heavy atom. The van der Waals surface area contributed by atoms with E-state index < -0.39 is 6.10 Å². The van der Waals surface area contributed by atoms with Gasteiger partial charge in [-0.15, -0.1) is 0 Å². The summed E-state index contributed by atoms with van der Waals surface area (Å²) in [5.74, 6) is 0.634. The van der Waals surface area contributed by atoms with Gasteiger partial charge in [-0.1, -0.05) is 15.9 Å². The maximum absolute atomic E-state index is 12.0. The molecule has 22 heavy (non-hydrogen) atoms. The van der Waals surface area contributed by atoms with Crippen LogP contribution in [-0.4, -0.2) is 56.2 Å². The molecule has 1 aliphatic rings. The van der Waals surface area contributed by atoms with E-state index in [1.807, 2.05) is 24.3 Å². The van der Waals surface area contributed by atoms with Gasteiger partial charge in [0.25, 0.3) is 5.91 Å². The molecule has 6 heteroatoms. The number of nitrogens with one attached hydrogen (secondary N) is 2. The number of carbonyl (C=O) groups is 1. The molecular weight excluding hydrogens is 346 g/mol. The van der Waals surface area contributed by atoms with Crippen LogP contribution in [0.2, 0.25) is 0 Å². The zero-order valence-corrected chi connectivity index (χ0v) is 14.6. The molecule has 122 valence electrons. The highest BCUT2D eigenvalue weighted by Crippen LogP contribution is 2.17. The highest BCUT2D eigenvalue weighted by molar-refractivity contribution is 9.10. The lowest BCUT2D eigenvalue weighted by Crippen LogP contribution is -2.44. The first-order valence-corrected chi connectivity index (χ1v) is 8.57. The van der Waals surface area contributed by atoms with Crippen molar-refractivity contribution in [3.05, 3.63) is 28.7 Å². The third kappa shape index (κ3) is 5.94. The van der Waals surface area contributed by atoms with Crippen molar-refractivity contribution < 1.29 is 9.53 Å². The maximum atomic E-state index is 12.0. The van der Waals surface area contributed by atoms with E-state index in [-0.39, 0.29) is 5.91 Å². The van der Waals surface area contributed by atoms with E-state index in [1.165, 1.54) is 0 Å². The molecule has 1 aromatic carbocycles. The molecule has 0 saturated carbocycles. The molecule has 2 rings (SSSR count). The molecule has 0 aliphatic carbocycles. The molecule has 1 aliphatic heterocycles. The number of ether oxygens (including phenoxy) is 1. The predicted molar refractivity (Wildman–Crippen MR) is 91.2 cm³/mol. The second-order valence-electron chi connectivity index (χ2n) is 5.45. The topological polar surface area (TPSA) is 53.6 Å². The number of amides is 1. The molecule has 1 aromatic rings. The molecule has 1 atom stereocenters. The summed E-state index contributed by atoms with van der Waals surface area (Å²) in [4.78, 5) is 14.4. The van der Waals surface area contributed by atoms with Crippen molar-refractivity contribution in [3.63, 3.8) is 0 Å². The minimum atomic E-state index is -0.486. The summed E-state index contributed by atoms with van der Waals surface area (Å²) in [6, 6.07) is 7.48. The van der Waals surface area contributed by atoms with E-state index in [0.717, 1.165) is 43.6 Å². The lowest BCUT2D eigenvalue weighted by atomic mass is 10.3. The van der Waals surface area contributed by atoms with E-state index in [1.54, 1.807) is 6.92 Å². The van der Waals surface area contributed by atoms with Crippen molar-refractivity contribution in [1.82, 2.24) is 15.5 Å². The van der Waals surface area contributed by atoms with E-state index in [4.69, 9.17) is 4.74 Å². The standard InChI is InChI=1S/C16H24BrN3O2/c1-13(22-15-5-3-14(17)4-6-15)16(21)19-7-2-10-20-11-8-18-9-12-20/h3-6,13,18H,2,7-12H2,1H3,(H,19,21). The van der Waals surface area contributed by atoms with Crippen LogP contribution in [0.15, 0.2) is 28.7 Å². The average Bonchev–Trinajstić information content (AvgIpc) is 2.54. The highest BCUT2D eigenvalue weighted by atomic mass is 79.9. The van der Waals surface area contributed by atoms with Gasteiger partial charge in [0.2, 0.25) is 0 Å². The summed E-state index contributed by atoms with van der Waals surface area (Å²) in [5.41, 5.74) is 0. The zero-order valence-electron chi connectivity index (χ0n) is 13.0. The van der Waals surface area contributed by atoms with Gasteiger partial charge in [-0.25, -0.2) is 0 Å². The quantitative estimate of drug-likeness (QED) is 0.717. The Morgan fingerprint density at radius 2 is 2.05 bits per heavy atom. The Balaban J connectivity index is 1.62. The number of hydrogen-bond acceptors (Lipinski definition) is 4.